The molecule has 90 valence electrons. The number of hydrogen-bond donors (Lipinski definition) is 1. The van der Waals surface area contributed by atoms with Gasteiger partial charge in [0, 0.05) is 12.8 Å². The fraction of sp³-hybridized carbons (Fsp3) is 0.692. The van der Waals surface area contributed by atoms with Crippen molar-refractivity contribution in [3.05, 3.63) is 11.1 Å². The zero-order valence-corrected chi connectivity index (χ0v) is 10.2. The van der Waals surface area contributed by atoms with Crippen molar-refractivity contribution in [2.75, 3.05) is 0 Å². The second-order valence-corrected chi connectivity index (χ2v) is 5.39. The summed E-state index contributed by atoms with van der Waals surface area (Å²) in [4.78, 5) is 21.4. The number of rotatable bonds is 4. The van der Waals surface area contributed by atoms with E-state index in [1.54, 1.807) is 0 Å². The Kier molecular flexibility index (Phi) is 3.89. The van der Waals surface area contributed by atoms with Gasteiger partial charge < -0.3 is 9.90 Å². The third-order valence-corrected chi connectivity index (χ3v) is 3.48. The first-order valence-electron chi connectivity index (χ1n) is 5.71. The van der Waals surface area contributed by atoms with Crippen LogP contribution in [-0.2, 0) is 9.59 Å². The number of carboxylic acid groups (broad SMARTS) is 1. The van der Waals surface area contributed by atoms with Crippen LogP contribution in [-0.4, -0.2) is 17.4 Å². The van der Waals surface area contributed by atoms with Crippen molar-refractivity contribution in [2.45, 2.75) is 46.5 Å². The summed E-state index contributed by atoms with van der Waals surface area (Å²) >= 11 is 0. The lowest BCUT2D eigenvalue weighted by atomic mass is 9.67. The van der Waals surface area contributed by atoms with Crippen LogP contribution in [0.5, 0.6) is 0 Å². The molecule has 3 nitrogen and oxygen atoms in total. The Morgan fingerprint density at radius 3 is 2.62 bits per heavy atom. The van der Waals surface area contributed by atoms with Crippen molar-refractivity contribution >= 4 is 12.3 Å². The van der Waals surface area contributed by atoms with Gasteiger partial charge in [-0.2, -0.15) is 0 Å². The fourth-order valence-corrected chi connectivity index (χ4v) is 2.98. The molecule has 1 aliphatic rings. The minimum Gasteiger partial charge on any atom is -0.481 e. The van der Waals surface area contributed by atoms with Gasteiger partial charge in [-0.3, -0.25) is 4.79 Å². The van der Waals surface area contributed by atoms with Gasteiger partial charge in [-0.05, 0) is 31.1 Å². The van der Waals surface area contributed by atoms with Gasteiger partial charge in [0.05, 0.1) is 0 Å². The van der Waals surface area contributed by atoms with Crippen molar-refractivity contribution in [2.24, 2.45) is 11.3 Å². The van der Waals surface area contributed by atoms with Crippen molar-refractivity contribution in [1.29, 1.82) is 0 Å². The summed E-state index contributed by atoms with van der Waals surface area (Å²) in [6, 6.07) is 0. The molecule has 0 spiro atoms. The highest BCUT2D eigenvalue weighted by molar-refractivity contribution is 5.67. The standard InChI is InChI=1S/C13H20O3/c1-9-6-10(7-12(15)16)8-13(2,3)11(9)4-5-14/h5,10H,4,6-8H2,1-3H3,(H,15,16)/t10-/m0/s1. The first-order valence-corrected chi connectivity index (χ1v) is 5.71. The molecule has 1 rings (SSSR count). The number of carboxylic acids is 1. The molecular formula is C13H20O3. The van der Waals surface area contributed by atoms with Crippen LogP contribution in [0.15, 0.2) is 11.1 Å². The third kappa shape index (κ3) is 2.94. The van der Waals surface area contributed by atoms with E-state index in [1.807, 2.05) is 6.92 Å². The minimum atomic E-state index is -0.729. The smallest absolute Gasteiger partial charge is 0.303 e. The van der Waals surface area contributed by atoms with Crippen molar-refractivity contribution in [1.82, 2.24) is 0 Å². The van der Waals surface area contributed by atoms with E-state index in [4.69, 9.17) is 5.11 Å². The van der Waals surface area contributed by atoms with Crippen LogP contribution in [0.4, 0.5) is 0 Å². The molecule has 3 heteroatoms. The summed E-state index contributed by atoms with van der Waals surface area (Å²) in [5, 5.41) is 8.82. The summed E-state index contributed by atoms with van der Waals surface area (Å²) in [7, 11) is 0. The third-order valence-electron chi connectivity index (χ3n) is 3.48. The van der Waals surface area contributed by atoms with Gasteiger partial charge in [-0.15, -0.1) is 0 Å². The highest BCUT2D eigenvalue weighted by Crippen LogP contribution is 2.44. The Hall–Kier alpha value is -1.12. The van der Waals surface area contributed by atoms with Gasteiger partial charge in [-0.1, -0.05) is 25.0 Å². The average Bonchev–Trinajstić information content (AvgIpc) is 2.09. The lowest BCUT2D eigenvalue weighted by Crippen LogP contribution is -2.27. The molecule has 1 N–H and O–H groups in total. The molecule has 0 radical (unpaired) electrons. The maximum Gasteiger partial charge on any atom is 0.303 e. The number of aldehydes is 1. The summed E-state index contributed by atoms with van der Waals surface area (Å²) in [6.45, 7) is 6.22. The van der Waals surface area contributed by atoms with Gasteiger partial charge in [0.1, 0.15) is 6.29 Å². The predicted octanol–water partition coefficient (Wildman–Crippen LogP) is 2.80. The van der Waals surface area contributed by atoms with Gasteiger partial charge >= 0.3 is 5.97 Å². The van der Waals surface area contributed by atoms with Gasteiger partial charge in [0.15, 0.2) is 0 Å². The lowest BCUT2D eigenvalue weighted by Gasteiger charge is -2.38. The molecule has 0 aromatic rings. The molecule has 0 amide bonds. The van der Waals surface area contributed by atoms with Crippen LogP contribution < -0.4 is 0 Å². The molecule has 0 aromatic carbocycles. The fourth-order valence-electron chi connectivity index (χ4n) is 2.98. The van der Waals surface area contributed by atoms with E-state index < -0.39 is 5.97 Å². The number of hydrogen-bond acceptors (Lipinski definition) is 2. The quantitative estimate of drug-likeness (QED) is 0.590. The lowest BCUT2D eigenvalue weighted by molar-refractivity contribution is -0.138. The van der Waals surface area contributed by atoms with Gasteiger partial charge in [0.2, 0.25) is 0 Å². The molecule has 1 aliphatic carbocycles. The Balaban J connectivity index is 2.87. The molecule has 0 aliphatic heterocycles. The molecule has 0 bridgehead atoms. The van der Waals surface area contributed by atoms with Crippen LogP contribution >= 0.6 is 0 Å². The first kappa shape index (κ1) is 12.9. The Morgan fingerprint density at radius 1 is 1.56 bits per heavy atom. The molecule has 0 heterocycles. The molecule has 0 unspecified atom stereocenters. The van der Waals surface area contributed by atoms with E-state index >= 15 is 0 Å². The molecule has 0 fully saturated rings. The summed E-state index contributed by atoms with van der Waals surface area (Å²) in [5.74, 6) is -0.518. The summed E-state index contributed by atoms with van der Waals surface area (Å²) in [5.41, 5.74) is 2.36. The maximum atomic E-state index is 10.7. The van der Waals surface area contributed by atoms with E-state index in [1.165, 1.54) is 11.1 Å². The van der Waals surface area contributed by atoms with Gasteiger partial charge in [-0.25, -0.2) is 0 Å². The van der Waals surface area contributed by atoms with E-state index in [0.29, 0.717) is 6.42 Å². The van der Waals surface area contributed by atoms with Crippen molar-refractivity contribution < 1.29 is 14.7 Å². The molecule has 0 saturated heterocycles. The second kappa shape index (κ2) is 4.81. The Morgan fingerprint density at radius 2 is 2.19 bits per heavy atom. The van der Waals surface area contributed by atoms with Crippen molar-refractivity contribution in [3.63, 3.8) is 0 Å². The number of carbonyl (C=O) groups is 2. The molecule has 16 heavy (non-hydrogen) atoms. The van der Waals surface area contributed by atoms with Crippen LogP contribution in [0.25, 0.3) is 0 Å². The van der Waals surface area contributed by atoms with E-state index in [2.05, 4.69) is 13.8 Å². The topological polar surface area (TPSA) is 54.4 Å². The predicted molar refractivity (Wildman–Crippen MR) is 62.1 cm³/mol. The molecule has 0 aromatic heterocycles. The first-order chi connectivity index (χ1) is 7.36. The zero-order chi connectivity index (χ0) is 12.3. The monoisotopic (exact) mass is 224 g/mol. The van der Waals surface area contributed by atoms with Crippen LogP contribution in [0.3, 0.4) is 0 Å². The van der Waals surface area contributed by atoms with Crippen LogP contribution in [0, 0.1) is 11.3 Å². The number of aliphatic carboxylic acids is 1. The Labute approximate surface area is 96.5 Å². The normalized spacial score (nSPS) is 24.3. The highest BCUT2D eigenvalue weighted by atomic mass is 16.4. The molecule has 1 atom stereocenters. The SMILES string of the molecule is CC1=C(CC=O)C(C)(C)C[C@H](CC(=O)O)C1. The highest BCUT2D eigenvalue weighted by Gasteiger charge is 2.33. The maximum absolute atomic E-state index is 10.7. The summed E-state index contributed by atoms with van der Waals surface area (Å²) < 4.78 is 0. The minimum absolute atomic E-state index is 0.0383. The Bertz CT molecular complexity index is 326. The van der Waals surface area contributed by atoms with Crippen LogP contribution in [0.1, 0.15) is 46.5 Å². The van der Waals surface area contributed by atoms with E-state index in [-0.39, 0.29) is 17.8 Å². The zero-order valence-electron chi connectivity index (χ0n) is 10.2. The van der Waals surface area contributed by atoms with E-state index in [0.717, 1.165) is 19.1 Å². The van der Waals surface area contributed by atoms with Gasteiger partial charge in [0.25, 0.3) is 0 Å². The molecular weight excluding hydrogens is 204 g/mol. The molecule has 0 saturated carbocycles. The van der Waals surface area contributed by atoms with E-state index in [9.17, 15) is 9.59 Å². The largest absolute Gasteiger partial charge is 0.481 e. The average molecular weight is 224 g/mol. The number of allylic oxidation sites excluding steroid dienone is 2. The van der Waals surface area contributed by atoms with Crippen LogP contribution in [0.2, 0.25) is 0 Å². The van der Waals surface area contributed by atoms with Crippen molar-refractivity contribution in [3.8, 4) is 0 Å². The summed E-state index contributed by atoms with van der Waals surface area (Å²) in [6.07, 6.45) is 3.34. The number of carbonyl (C=O) groups excluding carboxylic acids is 1. The second-order valence-electron chi connectivity index (χ2n) is 5.39.